The average molecular weight is 462 g/mol. The smallest absolute Gasteiger partial charge is 0.256 e. The van der Waals surface area contributed by atoms with Gasteiger partial charge >= 0.3 is 0 Å². The zero-order valence-electron chi connectivity index (χ0n) is 18.4. The number of ketones is 1. The molecule has 1 aliphatic carbocycles. The molecule has 0 bridgehead atoms. The summed E-state index contributed by atoms with van der Waals surface area (Å²) in [6.07, 6.45) is 2.47. The van der Waals surface area contributed by atoms with Gasteiger partial charge in [-0.2, -0.15) is 0 Å². The van der Waals surface area contributed by atoms with Gasteiger partial charge in [-0.1, -0.05) is 0 Å². The topological polar surface area (TPSA) is 87.6 Å². The van der Waals surface area contributed by atoms with Gasteiger partial charge in [0, 0.05) is 26.7 Å². The van der Waals surface area contributed by atoms with Gasteiger partial charge in [0.1, 0.15) is 10.8 Å². The molecular formula is C22H27N3O4S2. The number of amides is 1. The lowest BCUT2D eigenvalue weighted by molar-refractivity contribution is -0.116. The number of nitrogens with zero attached hydrogens (tertiary/aromatic N) is 3. The van der Waals surface area contributed by atoms with E-state index in [1.54, 1.807) is 6.07 Å². The van der Waals surface area contributed by atoms with Gasteiger partial charge < -0.3 is 4.90 Å². The van der Waals surface area contributed by atoms with Crippen molar-refractivity contribution in [3.05, 3.63) is 34.0 Å². The molecule has 9 heteroatoms. The van der Waals surface area contributed by atoms with Gasteiger partial charge in [0.15, 0.2) is 0 Å². The summed E-state index contributed by atoms with van der Waals surface area (Å²) in [7, 11) is -0.881. The first-order chi connectivity index (χ1) is 14.5. The fourth-order valence-corrected chi connectivity index (χ4v) is 6.41. The van der Waals surface area contributed by atoms with Gasteiger partial charge in [0.05, 0.1) is 27.5 Å². The molecule has 2 aromatic rings. The van der Waals surface area contributed by atoms with E-state index in [0.717, 1.165) is 38.8 Å². The second-order valence-electron chi connectivity index (χ2n) is 8.71. The standard InChI is InChI=1S/C22H27N3O4S2/c1-12(26)8-19-23-13(2)21(30-19)16-9-17-11-25(14(3)15-6-7-15)22(27)20(17)18(10-16)31(28,29)24(4)5/h9-10,14-15H,6-8,11H2,1-5H3/t14-/m0/s1. The zero-order valence-corrected chi connectivity index (χ0v) is 20.1. The fourth-order valence-electron chi connectivity index (χ4n) is 4.14. The molecule has 0 saturated heterocycles. The molecule has 1 aromatic carbocycles. The van der Waals surface area contributed by atoms with Crippen LogP contribution in [-0.2, 0) is 27.8 Å². The van der Waals surface area contributed by atoms with Crippen molar-refractivity contribution in [2.75, 3.05) is 14.1 Å². The molecule has 0 spiro atoms. The summed E-state index contributed by atoms with van der Waals surface area (Å²) in [6, 6.07) is 3.60. The molecule has 2 heterocycles. The summed E-state index contributed by atoms with van der Waals surface area (Å²) in [6.45, 7) is 5.84. The molecule has 4 rings (SSSR count). The molecule has 1 fully saturated rings. The number of hydrogen-bond donors (Lipinski definition) is 0. The van der Waals surface area contributed by atoms with Gasteiger partial charge in [0.2, 0.25) is 10.0 Å². The van der Waals surface area contributed by atoms with E-state index in [9.17, 15) is 18.0 Å². The average Bonchev–Trinajstić information content (AvgIpc) is 3.40. The number of sulfonamides is 1. The third-order valence-corrected chi connectivity index (χ3v) is 9.10. The number of aryl methyl sites for hydroxylation is 1. The normalized spacial score (nSPS) is 17.4. The summed E-state index contributed by atoms with van der Waals surface area (Å²) in [5.74, 6) is 0.310. The minimum absolute atomic E-state index is 0.0282. The molecule has 7 nitrogen and oxygen atoms in total. The van der Waals surface area contributed by atoms with E-state index in [1.807, 2.05) is 24.8 Å². The monoisotopic (exact) mass is 461 g/mol. The van der Waals surface area contributed by atoms with Crippen molar-refractivity contribution in [1.82, 2.24) is 14.2 Å². The Morgan fingerprint density at radius 2 is 2.00 bits per heavy atom. The molecule has 1 amide bonds. The second kappa shape index (κ2) is 7.79. The van der Waals surface area contributed by atoms with Gasteiger partial charge in [0.25, 0.3) is 5.91 Å². The lowest BCUT2D eigenvalue weighted by Crippen LogP contribution is -2.35. The molecule has 0 radical (unpaired) electrons. The van der Waals surface area contributed by atoms with Crippen molar-refractivity contribution in [2.45, 2.75) is 57.5 Å². The highest BCUT2D eigenvalue weighted by Gasteiger charge is 2.41. The van der Waals surface area contributed by atoms with Crippen LogP contribution in [0.25, 0.3) is 10.4 Å². The summed E-state index contributed by atoms with van der Waals surface area (Å²) < 4.78 is 27.5. The first-order valence-electron chi connectivity index (χ1n) is 10.4. The highest BCUT2D eigenvalue weighted by Crippen LogP contribution is 2.42. The van der Waals surface area contributed by atoms with Crippen LogP contribution in [0.5, 0.6) is 0 Å². The Bertz CT molecular complexity index is 1180. The van der Waals surface area contributed by atoms with Crippen LogP contribution in [0.1, 0.15) is 53.3 Å². The van der Waals surface area contributed by atoms with Crippen LogP contribution in [0.4, 0.5) is 0 Å². The number of thiazole rings is 1. The maximum absolute atomic E-state index is 13.3. The van der Waals surface area contributed by atoms with E-state index in [-0.39, 0.29) is 34.6 Å². The number of Topliss-reactive ketones (excluding diaryl/α,β-unsaturated/α-hetero) is 1. The van der Waals surface area contributed by atoms with Gasteiger partial charge in [-0.25, -0.2) is 17.7 Å². The van der Waals surface area contributed by atoms with E-state index in [1.165, 1.54) is 32.4 Å². The van der Waals surface area contributed by atoms with Crippen molar-refractivity contribution in [2.24, 2.45) is 5.92 Å². The van der Waals surface area contributed by atoms with E-state index >= 15 is 0 Å². The number of hydrogen-bond acceptors (Lipinski definition) is 6. The minimum atomic E-state index is -3.83. The second-order valence-corrected chi connectivity index (χ2v) is 11.9. The van der Waals surface area contributed by atoms with E-state index in [4.69, 9.17) is 0 Å². The molecule has 31 heavy (non-hydrogen) atoms. The van der Waals surface area contributed by atoms with Crippen LogP contribution in [0, 0.1) is 12.8 Å². The Kier molecular flexibility index (Phi) is 5.56. The van der Waals surface area contributed by atoms with Crippen molar-refractivity contribution in [3.8, 4) is 10.4 Å². The minimum Gasteiger partial charge on any atom is -0.331 e. The summed E-state index contributed by atoms with van der Waals surface area (Å²) in [5, 5.41) is 0.706. The van der Waals surface area contributed by atoms with Crippen LogP contribution in [0.3, 0.4) is 0 Å². The van der Waals surface area contributed by atoms with E-state index in [0.29, 0.717) is 17.5 Å². The molecule has 166 valence electrons. The van der Waals surface area contributed by atoms with Gasteiger partial charge in [-0.3, -0.25) is 9.59 Å². The molecule has 0 unspecified atom stereocenters. The summed E-state index contributed by atoms with van der Waals surface area (Å²) in [4.78, 5) is 32.0. The van der Waals surface area contributed by atoms with Crippen molar-refractivity contribution in [1.29, 1.82) is 0 Å². The van der Waals surface area contributed by atoms with Gasteiger partial charge in [-0.05, 0) is 62.8 Å². The first kappa shape index (κ1) is 22.1. The Labute approximate surface area is 187 Å². The Balaban J connectivity index is 1.86. The van der Waals surface area contributed by atoms with Crippen LogP contribution < -0.4 is 0 Å². The quantitative estimate of drug-likeness (QED) is 0.632. The summed E-state index contributed by atoms with van der Waals surface area (Å²) >= 11 is 1.40. The number of fused-ring (bicyclic) bond motifs is 1. The number of aromatic nitrogens is 1. The Morgan fingerprint density at radius 1 is 1.32 bits per heavy atom. The third kappa shape index (κ3) is 3.94. The Hall–Kier alpha value is -2.10. The summed E-state index contributed by atoms with van der Waals surface area (Å²) in [5.41, 5.74) is 2.49. The van der Waals surface area contributed by atoms with Crippen LogP contribution in [0.2, 0.25) is 0 Å². The number of carbonyl (C=O) groups excluding carboxylic acids is 2. The third-order valence-electron chi connectivity index (χ3n) is 6.06. The first-order valence-corrected chi connectivity index (χ1v) is 12.6. The molecule has 1 aromatic heterocycles. The van der Waals surface area contributed by atoms with Crippen molar-refractivity contribution < 1.29 is 18.0 Å². The largest absolute Gasteiger partial charge is 0.331 e. The number of rotatable bonds is 7. The lowest BCUT2D eigenvalue weighted by Gasteiger charge is -2.24. The predicted octanol–water partition coefficient (Wildman–Crippen LogP) is 3.25. The van der Waals surface area contributed by atoms with E-state index in [2.05, 4.69) is 4.98 Å². The van der Waals surface area contributed by atoms with Crippen molar-refractivity contribution in [3.63, 3.8) is 0 Å². The lowest BCUT2D eigenvalue weighted by atomic mass is 10.0. The van der Waals surface area contributed by atoms with E-state index < -0.39 is 10.0 Å². The molecule has 1 aliphatic heterocycles. The Morgan fingerprint density at radius 3 is 2.58 bits per heavy atom. The van der Waals surface area contributed by atoms with Crippen LogP contribution in [0.15, 0.2) is 17.0 Å². The highest BCUT2D eigenvalue weighted by atomic mass is 32.2. The molecular weight excluding hydrogens is 434 g/mol. The maximum atomic E-state index is 13.3. The molecule has 1 saturated carbocycles. The fraction of sp³-hybridized carbons (Fsp3) is 0.500. The molecule has 0 N–H and O–H groups in total. The van der Waals surface area contributed by atoms with Crippen LogP contribution in [-0.4, -0.2) is 54.4 Å². The molecule has 1 atom stereocenters. The van der Waals surface area contributed by atoms with Gasteiger partial charge in [-0.15, -0.1) is 11.3 Å². The van der Waals surface area contributed by atoms with Crippen LogP contribution >= 0.6 is 11.3 Å². The number of carbonyl (C=O) groups is 2. The SMILES string of the molecule is CC(=O)Cc1nc(C)c(-c2cc3c(c(S(=O)(=O)N(C)C)c2)C(=O)N([C@@H](C)C2CC2)C3)s1. The number of benzene rings is 1. The zero-order chi connectivity index (χ0) is 22.7. The van der Waals surface area contributed by atoms with Crippen molar-refractivity contribution >= 4 is 33.1 Å². The maximum Gasteiger partial charge on any atom is 0.256 e. The predicted molar refractivity (Wildman–Crippen MR) is 120 cm³/mol. The highest BCUT2D eigenvalue weighted by molar-refractivity contribution is 7.89. The molecule has 2 aliphatic rings.